The van der Waals surface area contributed by atoms with Gasteiger partial charge in [0.15, 0.2) is 0 Å². The minimum absolute atomic E-state index is 0.146. The second-order valence-electron chi connectivity index (χ2n) is 7.08. The van der Waals surface area contributed by atoms with Gasteiger partial charge in [-0.1, -0.05) is 35.3 Å². The van der Waals surface area contributed by atoms with Gasteiger partial charge in [-0.2, -0.15) is 4.31 Å². The number of rotatable bonds is 4. The number of piperidine rings is 1. The summed E-state index contributed by atoms with van der Waals surface area (Å²) in [6, 6.07) is 10.2. The SMILES string of the molecule is Cc1ccc(C)c(S(=O)(=O)N2CCC[C@@H](C(=O)Nc3ccc(Cl)cc3Cl)C2)c1. The molecule has 3 rings (SSSR count). The second-order valence-corrected chi connectivity index (χ2v) is 9.83. The smallest absolute Gasteiger partial charge is 0.243 e. The summed E-state index contributed by atoms with van der Waals surface area (Å²) in [6.45, 7) is 4.19. The lowest BCUT2D eigenvalue weighted by molar-refractivity contribution is -0.120. The van der Waals surface area contributed by atoms with Crippen LogP contribution in [0.2, 0.25) is 10.0 Å². The number of halogens is 2. The number of carbonyl (C=O) groups is 1. The average Bonchev–Trinajstić information content (AvgIpc) is 2.66. The third-order valence-corrected chi connectivity index (χ3v) is 7.46. The van der Waals surface area contributed by atoms with Crippen LogP contribution in [0.25, 0.3) is 0 Å². The molecular formula is C20H22Cl2N2O3S. The van der Waals surface area contributed by atoms with Crippen LogP contribution in [0.3, 0.4) is 0 Å². The van der Waals surface area contributed by atoms with E-state index in [4.69, 9.17) is 23.2 Å². The highest BCUT2D eigenvalue weighted by atomic mass is 35.5. The van der Waals surface area contributed by atoms with Crippen LogP contribution >= 0.6 is 23.2 Å². The van der Waals surface area contributed by atoms with Crippen molar-refractivity contribution in [3.63, 3.8) is 0 Å². The van der Waals surface area contributed by atoms with Gasteiger partial charge in [0.1, 0.15) is 0 Å². The van der Waals surface area contributed by atoms with E-state index in [0.29, 0.717) is 45.6 Å². The molecule has 1 aliphatic heterocycles. The first kappa shape index (κ1) is 21.1. The van der Waals surface area contributed by atoms with Crippen LogP contribution in [0.1, 0.15) is 24.0 Å². The number of nitrogens with one attached hydrogen (secondary N) is 1. The van der Waals surface area contributed by atoms with Gasteiger partial charge in [0, 0.05) is 18.1 Å². The molecule has 1 saturated heterocycles. The summed E-state index contributed by atoms with van der Waals surface area (Å²) in [6.07, 6.45) is 1.24. The van der Waals surface area contributed by atoms with Crippen LogP contribution in [0, 0.1) is 19.8 Å². The number of hydrogen-bond acceptors (Lipinski definition) is 3. The van der Waals surface area contributed by atoms with Gasteiger partial charge in [0.05, 0.1) is 21.5 Å². The van der Waals surface area contributed by atoms with Crippen LogP contribution in [0.15, 0.2) is 41.3 Å². The molecule has 1 atom stereocenters. The van der Waals surface area contributed by atoms with Crippen molar-refractivity contribution in [3.8, 4) is 0 Å². The van der Waals surface area contributed by atoms with Crippen molar-refractivity contribution >= 4 is 44.8 Å². The quantitative estimate of drug-likeness (QED) is 0.751. The summed E-state index contributed by atoms with van der Waals surface area (Å²) in [5.41, 5.74) is 2.04. The molecular weight excluding hydrogens is 419 g/mol. The zero-order chi connectivity index (χ0) is 20.5. The predicted molar refractivity (Wildman–Crippen MR) is 112 cm³/mol. The van der Waals surface area contributed by atoms with Crippen molar-refractivity contribution in [2.75, 3.05) is 18.4 Å². The zero-order valence-electron chi connectivity index (χ0n) is 15.7. The van der Waals surface area contributed by atoms with Crippen LogP contribution in [-0.4, -0.2) is 31.7 Å². The van der Waals surface area contributed by atoms with Gasteiger partial charge >= 0.3 is 0 Å². The van der Waals surface area contributed by atoms with Crippen LogP contribution in [-0.2, 0) is 14.8 Å². The number of hydrogen-bond donors (Lipinski definition) is 1. The summed E-state index contributed by atoms with van der Waals surface area (Å²) in [5.74, 6) is -0.689. The number of benzene rings is 2. The van der Waals surface area contributed by atoms with E-state index < -0.39 is 15.9 Å². The molecule has 1 aliphatic rings. The molecule has 0 aromatic heterocycles. The predicted octanol–water partition coefficient (Wildman–Crippen LogP) is 4.65. The van der Waals surface area contributed by atoms with Gasteiger partial charge in [-0.3, -0.25) is 4.79 Å². The minimum Gasteiger partial charge on any atom is -0.324 e. The molecule has 8 heteroatoms. The molecule has 2 aromatic carbocycles. The molecule has 150 valence electrons. The maximum absolute atomic E-state index is 13.1. The van der Waals surface area contributed by atoms with Crippen molar-refractivity contribution in [3.05, 3.63) is 57.6 Å². The highest BCUT2D eigenvalue weighted by Crippen LogP contribution is 2.29. The molecule has 0 spiro atoms. The minimum atomic E-state index is -3.66. The van der Waals surface area contributed by atoms with E-state index in [0.717, 1.165) is 5.56 Å². The topological polar surface area (TPSA) is 66.5 Å². The van der Waals surface area contributed by atoms with Gasteiger partial charge < -0.3 is 5.32 Å². The molecule has 5 nitrogen and oxygen atoms in total. The number of amides is 1. The first-order chi connectivity index (χ1) is 13.2. The van der Waals surface area contributed by atoms with E-state index in [9.17, 15) is 13.2 Å². The van der Waals surface area contributed by atoms with E-state index in [1.807, 2.05) is 13.0 Å². The van der Waals surface area contributed by atoms with Crippen molar-refractivity contribution in [2.45, 2.75) is 31.6 Å². The highest BCUT2D eigenvalue weighted by molar-refractivity contribution is 7.89. The molecule has 0 aliphatic carbocycles. The molecule has 0 bridgehead atoms. The Bertz CT molecular complexity index is 1010. The zero-order valence-corrected chi connectivity index (χ0v) is 18.0. The van der Waals surface area contributed by atoms with E-state index >= 15 is 0 Å². The fraction of sp³-hybridized carbons (Fsp3) is 0.350. The molecule has 28 heavy (non-hydrogen) atoms. The lowest BCUT2D eigenvalue weighted by Gasteiger charge is -2.31. The Kier molecular flexibility index (Phi) is 6.34. The summed E-state index contributed by atoms with van der Waals surface area (Å²) < 4.78 is 27.7. The summed E-state index contributed by atoms with van der Waals surface area (Å²) in [5, 5.41) is 3.61. The highest BCUT2D eigenvalue weighted by Gasteiger charge is 2.34. The summed E-state index contributed by atoms with van der Waals surface area (Å²) in [7, 11) is -3.66. The second kappa shape index (κ2) is 8.41. The number of anilines is 1. The Labute approximate surface area is 175 Å². The largest absolute Gasteiger partial charge is 0.324 e. The van der Waals surface area contributed by atoms with Crippen molar-refractivity contribution in [2.24, 2.45) is 5.92 Å². The monoisotopic (exact) mass is 440 g/mol. The number of aryl methyl sites for hydroxylation is 2. The van der Waals surface area contributed by atoms with Gasteiger partial charge in [-0.25, -0.2) is 8.42 Å². The third kappa shape index (κ3) is 4.51. The Morgan fingerprint density at radius 1 is 1.14 bits per heavy atom. The maximum atomic E-state index is 13.1. The fourth-order valence-corrected chi connectivity index (χ4v) is 5.61. The Morgan fingerprint density at radius 3 is 2.61 bits per heavy atom. The molecule has 0 unspecified atom stereocenters. The molecule has 0 saturated carbocycles. The van der Waals surface area contributed by atoms with Gasteiger partial charge in [0.2, 0.25) is 15.9 Å². The fourth-order valence-electron chi connectivity index (χ4n) is 3.32. The van der Waals surface area contributed by atoms with Crippen molar-refractivity contribution < 1.29 is 13.2 Å². The van der Waals surface area contributed by atoms with Crippen LogP contribution < -0.4 is 5.32 Å². The first-order valence-electron chi connectivity index (χ1n) is 9.02. The van der Waals surface area contributed by atoms with Gasteiger partial charge in [0.25, 0.3) is 0 Å². The maximum Gasteiger partial charge on any atom is 0.243 e. The summed E-state index contributed by atoms with van der Waals surface area (Å²) in [4.78, 5) is 13.0. The molecule has 1 heterocycles. The standard InChI is InChI=1S/C20H22Cl2N2O3S/c1-13-5-6-14(2)19(10-13)28(26,27)24-9-3-4-15(12-24)20(25)23-18-8-7-16(21)11-17(18)22/h5-8,10-11,15H,3-4,9,12H2,1-2H3,(H,23,25)/t15-/m1/s1. The lowest BCUT2D eigenvalue weighted by Crippen LogP contribution is -2.43. The van der Waals surface area contributed by atoms with E-state index in [2.05, 4.69) is 5.32 Å². The van der Waals surface area contributed by atoms with Crippen LogP contribution in [0.5, 0.6) is 0 Å². The lowest BCUT2D eigenvalue weighted by atomic mass is 9.99. The van der Waals surface area contributed by atoms with Crippen molar-refractivity contribution in [1.82, 2.24) is 4.31 Å². The van der Waals surface area contributed by atoms with E-state index in [1.54, 1.807) is 37.3 Å². The van der Waals surface area contributed by atoms with Gasteiger partial charge in [-0.15, -0.1) is 0 Å². The molecule has 0 radical (unpaired) electrons. The molecule has 1 fully saturated rings. The van der Waals surface area contributed by atoms with E-state index in [1.165, 1.54) is 4.31 Å². The van der Waals surface area contributed by atoms with E-state index in [-0.39, 0.29) is 12.5 Å². The van der Waals surface area contributed by atoms with Crippen LogP contribution in [0.4, 0.5) is 5.69 Å². The number of nitrogens with zero attached hydrogens (tertiary/aromatic N) is 1. The Balaban J connectivity index is 1.78. The Hall–Kier alpha value is -1.60. The number of sulfonamides is 1. The van der Waals surface area contributed by atoms with Gasteiger partial charge in [-0.05, 0) is 62.1 Å². The molecule has 1 N–H and O–H groups in total. The Morgan fingerprint density at radius 2 is 1.89 bits per heavy atom. The third-order valence-electron chi connectivity index (χ3n) is 4.91. The average molecular weight is 441 g/mol. The summed E-state index contributed by atoms with van der Waals surface area (Å²) >= 11 is 12.0. The molecule has 1 amide bonds. The van der Waals surface area contributed by atoms with Crippen molar-refractivity contribution in [1.29, 1.82) is 0 Å². The molecule has 2 aromatic rings. The normalized spacial score (nSPS) is 18.1. The first-order valence-corrected chi connectivity index (χ1v) is 11.2. The number of carbonyl (C=O) groups excluding carboxylic acids is 1.